The summed E-state index contributed by atoms with van der Waals surface area (Å²) in [5.74, 6) is 0.508. The Hall–Kier alpha value is -1.84. The van der Waals surface area contributed by atoms with Crippen LogP contribution in [0.4, 0.5) is 0 Å². The van der Waals surface area contributed by atoms with Gasteiger partial charge in [-0.05, 0) is 26.0 Å². The summed E-state index contributed by atoms with van der Waals surface area (Å²) in [5.41, 5.74) is 1.14. The van der Waals surface area contributed by atoms with Crippen molar-refractivity contribution in [1.29, 1.82) is 0 Å². The van der Waals surface area contributed by atoms with Crippen molar-refractivity contribution in [3.63, 3.8) is 0 Å². The Balaban J connectivity index is 2.23. The lowest BCUT2D eigenvalue weighted by Crippen LogP contribution is -2.30. The van der Waals surface area contributed by atoms with E-state index in [-0.39, 0.29) is 18.3 Å². The minimum atomic E-state index is -0.216. The van der Waals surface area contributed by atoms with Crippen LogP contribution in [0, 0.1) is 6.92 Å². The van der Waals surface area contributed by atoms with E-state index < -0.39 is 0 Å². The lowest BCUT2D eigenvalue weighted by molar-refractivity contribution is -0.123. The molecular weight excluding hydrogens is 218 g/mol. The average molecular weight is 235 g/mol. The Morgan fingerprint density at radius 3 is 2.47 bits per heavy atom. The van der Waals surface area contributed by atoms with Crippen LogP contribution in [0.1, 0.15) is 18.9 Å². The molecule has 1 aromatic rings. The summed E-state index contributed by atoms with van der Waals surface area (Å²) < 4.78 is 5.28. The van der Waals surface area contributed by atoms with E-state index in [4.69, 9.17) is 4.74 Å². The molecular formula is C13H17NO3. The van der Waals surface area contributed by atoms with E-state index in [1.165, 1.54) is 6.92 Å². The Bertz CT molecular complexity index is 384. The fourth-order valence-corrected chi connectivity index (χ4v) is 1.21. The average Bonchev–Trinajstić information content (AvgIpc) is 2.28. The van der Waals surface area contributed by atoms with E-state index >= 15 is 0 Å². The fourth-order valence-electron chi connectivity index (χ4n) is 1.21. The van der Waals surface area contributed by atoms with Crippen LogP contribution >= 0.6 is 0 Å². The van der Waals surface area contributed by atoms with Crippen LogP contribution in [0.2, 0.25) is 0 Å². The Labute approximate surface area is 101 Å². The number of carbonyl (C=O) groups excluding carboxylic acids is 2. The molecule has 1 aromatic carbocycles. The van der Waals surface area contributed by atoms with Gasteiger partial charge in [-0.2, -0.15) is 0 Å². The summed E-state index contributed by atoms with van der Waals surface area (Å²) in [7, 11) is 0. The summed E-state index contributed by atoms with van der Waals surface area (Å²) in [6.45, 7) is 3.82. The van der Waals surface area contributed by atoms with Crippen molar-refractivity contribution in [3.05, 3.63) is 29.8 Å². The molecule has 92 valence electrons. The highest BCUT2D eigenvalue weighted by atomic mass is 16.5. The Morgan fingerprint density at radius 2 is 1.88 bits per heavy atom. The molecule has 1 N–H and O–H groups in total. The number of carbonyl (C=O) groups is 2. The number of ketones is 1. The third kappa shape index (κ3) is 5.70. The highest BCUT2D eigenvalue weighted by Crippen LogP contribution is 2.10. The zero-order chi connectivity index (χ0) is 12.7. The molecule has 0 saturated carbocycles. The number of Topliss-reactive ketones (excluding diaryl/α,β-unsaturated/α-hetero) is 1. The molecule has 4 heteroatoms. The van der Waals surface area contributed by atoms with Crippen LogP contribution < -0.4 is 10.1 Å². The minimum absolute atomic E-state index is 0.0268. The second-order valence-electron chi connectivity index (χ2n) is 3.90. The first-order valence-electron chi connectivity index (χ1n) is 5.53. The smallest absolute Gasteiger partial charge is 0.257 e. The molecule has 1 amide bonds. The van der Waals surface area contributed by atoms with E-state index in [0.29, 0.717) is 18.7 Å². The zero-order valence-electron chi connectivity index (χ0n) is 10.2. The molecule has 1 rings (SSSR count). The lowest BCUT2D eigenvalue weighted by Gasteiger charge is -2.06. The predicted octanol–water partition coefficient (Wildman–Crippen LogP) is 1.47. The van der Waals surface area contributed by atoms with Gasteiger partial charge in [0.15, 0.2) is 6.61 Å². The van der Waals surface area contributed by atoms with Crippen molar-refractivity contribution < 1.29 is 14.3 Å². The number of benzene rings is 1. The number of nitrogens with one attached hydrogen (secondary N) is 1. The highest BCUT2D eigenvalue weighted by Gasteiger charge is 2.02. The number of amides is 1. The summed E-state index contributed by atoms with van der Waals surface area (Å²) in [5, 5.41) is 2.61. The molecule has 0 saturated heterocycles. The molecule has 4 nitrogen and oxygen atoms in total. The second kappa shape index (κ2) is 6.68. The molecule has 0 aliphatic carbocycles. The summed E-state index contributed by atoms with van der Waals surface area (Å²) >= 11 is 0. The van der Waals surface area contributed by atoms with Gasteiger partial charge in [0.25, 0.3) is 5.91 Å². The minimum Gasteiger partial charge on any atom is -0.484 e. The zero-order valence-corrected chi connectivity index (χ0v) is 10.2. The standard InChI is InChI=1S/C13H17NO3/c1-10-3-5-12(6-4-10)17-9-13(16)14-8-7-11(2)15/h3-6H,7-9H2,1-2H3,(H,14,16). The lowest BCUT2D eigenvalue weighted by atomic mass is 10.2. The van der Waals surface area contributed by atoms with Crippen LogP contribution in [0.25, 0.3) is 0 Å². The number of hydrogen-bond acceptors (Lipinski definition) is 3. The van der Waals surface area contributed by atoms with Gasteiger partial charge in [-0.1, -0.05) is 17.7 Å². The molecule has 0 unspecified atom stereocenters. The predicted molar refractivity (Wildman–Crippen MR) is 65.0 cm³/mol. The van der Waals surface area contributed by atoms with Crippen molar-refractivity contribution >= 4 is 11.7 Å². The first kappa shape index (κ1) is 13.2. The van der Waals surface area contributed by atoms with Crippen molar-refractivity contribution in [2.75, 3.05) is 13.2 Å². The Morgan fingerprint density at radius 1 is 1.24 bits per heavy atom. The maximum Gasteiger partial charge on any atom is 0.257 e. The van der Waals surface area contributed by atoms with Gasteiger partial charge in [-0.15, -0.1) is 0 Å². The van der Waals surface area contributed by atoms with Gasteiger partial charge in [-0.25, -0.2) is 0 Å². The molecule has 0 radical (unpaired) electrons. The maximum atomic E-state index is 11.3. The molecule has 0 bridgehead atoms. The van der Waals surface area contributed by atoms with Crippen molar-refractivity contribution in [2.45, 2.75) is 20.3 Å². The monoisotopic (exact) mass is 235 g/mol. The quantitative estimate of drug-likeness (QED) is 0.812. The second-order valence-corrected chi connectivity index (χ2v) is 3.90. The van der Waals surface area contributed by atoms with Crippen LogP contribution in [-0.4, -0.2) is 24.8 Å². The van der Waals surface area contributed by atoms with Gasteiger partial charge in [0.05, 0.1) is 0 Å². The SMILES string of the molecule is CC(=O)CCNC(=O)COc1ccc(C)cc1. The molecule has 0 fully saturated rings. The first-order valence-corrected chi connectivity index (χ1v) is 5.53. The molecule has 0 atom stereocenters. The molecule has 0 aliphatic heterocycles. The van der Waals surface area contributed by atoms with Gasteiger partial charge in [-0.3, -0.25) is 9.59 Å². The van der Waals surface area contributed by atoms with Crippen molar-refractivity contribution in [3.8, 4) is 5.75 Å². The van der Waals surface area contributed by atoms with E-state index in [9.17, 15) is 9.59 Å². The maximum absolute atomic E-state index is 11.3. The third-order valence-electron chi connectivity index (χ3n) is 2.19. The number of hydrogen-bond donors (Lipinski definition) is 1. The van der Waals surface area contributed by atoms with Crippen LogP contribution in [0.15, 0.2) is 24.3 Å². The number of rotatable bonds is 6. The van der Waals surface area contributed by atoms with Crippen molar-refractivity contribution in [2.24, 2.45) is 0 Å². The van der Waals surface area contributed by atoms with Crippen LogP contribution in [0.5, 0.6) is 5.75 Å². The van der Waals surface area contributed by atoms with E-state index in [1.807, 2.05) is 31.2 Å². The summed E-state index contributed by atoms with van der Waals surface area (Å²) in [6, 6.07) is 7.47. The normalized spacial score (nSPS) is 9.76. The largest absolute Gasteiger partial charge is 0.484 e. The van der Waals surface area contributed by atoms with Gasteiger partial charge in [0.1, 0.15) is 11.5 Å². The van der Waals surface area contributed by atoms with Gasteiger partial charge < -0.3 is 10.1 Å². The van der Waals surface area contributed by atoms with Gasteiger partial charge >= 0.3 is 0 Å². The topological polar surface area (TPSA) is 55.4 Å². The Kier molecular flexibility index (Phi) is 5.20. The number of aryl methyl sites for hydroxylation is 1. The van der Waals surface area contributed by atoms with Gasteiger partial charge in [0.2, 0.25) is 0 Å². The number of ether oxygens (including phenoxy) is 1. The molecule has 0 aromatic heterocycles. The summed E-state index contributed by atoms with van der Waals surface area (Å²) in [6.07, 6.45) is 0.357. The molecule has 0 aliphatic rings. The van der Waals surface area contributed by atoms with Crippen LogP contribution in [0.3, 0.4) is 0 Å². The van der Waals surface area contributed by atoms with E-state index in [1.54, 1.807) is 0 Å². The van der Waals surface area contributed by atoms with E-state index in [0.717, 1.165) is 5.56 Å². The molecule has 17 heavy (non-hydrogen) atoms. The first-order chi connectivity index (χ1) is 8.08. The van der Waals surface area contributed by atoms with Crippen LogP contribution in [-0.2, 0) is 9.59 Å². The fraction of sp³-hybridized carbons (Fsp3) is 0.385. The highest BCUT2D eigenvalue weighted by molar-refractivity contribution is 5.79. The third-order valence-corrected chi connectivity index (χ3v) is 2.19. The van der Waals surface area contributed by atoms with Crippen molar-refractivity contribution in [1.82, 2.24) is 5.32 Å². The molecule has 0 spiro atoms. The summed E-state index contributed by atoms with van der Waals surface area (Å²) in [4.78, 5) is 22.0. The van der Waals surface area contributed by atoms with E-state index in [2.05, 4.69) is 5.32 Å². The molecule has 0 heterocycles. The van der Waals surface area contributed by atoms with Gasteiger partial charge in [0, 0.05) is 13.0 Å².